The summed E-state index contributed by atoms with van der Waals surface area (Å²) in [6, 6.07) is 4.99. The first-order valence-electron chi connectivity index (χ1n) is 12.9. The minimum absolute atomic E-state index is 0.0641. The lowest BCUT2D eigenvalue weighted by atomic mass is 9.70. The third-order valence-electron chi connectivity index (χ3n) is 8.61. The van der Waals surface area contributed by atoms with Gasteiger partial charge in [0.25, 0.3) is 5.91 Å². The third-order valence-corrected chi connectivity index (χ3v) is 10.0. The van der Waals surface area contributed by atoms with Crippen molar-refractivity contribution in [3.8, 4) is 0 Å². The number of carbonyl (C=O) groups excluding carboxylic acids is 2. The van der Waals surface area contributed by atoms with Crippen molar-refractivity contribution < 1.29 is 22.7 Å². The molecule has 1 heterocycles. The number of anilines is 2. The highest BCUT2D eigenvalue weighted by molar-refractivity contribution is 7.92. The minimum Gasteiger partial charge on any atom is -0.379 e. The molecule has 9 nitrogen and oxygen atoms in total. The molecule has 3 aliphatic rings. The Kier molecular flexibility index (Phi) is 7.69. The summed E-state index contributed by atoms with van der Waals surface area (Å²) in [6.07, 6.45) is 2.79. The summed E-state index contributed by atoms with van der Waals surface area (Å²) in [5, 5.41) is 2.97. The molecule has 1 aromatic carbocycles. The van der Waals surface area contributed by atoms with Crippen LogP contribution in [-0.4, -0.2) is 84.2 Å². The highest BCUT2D eigenvalue weighted by Crippen LogP contribution is 2.64. The molecule has 1 aromatic rings. The predicted molar refractivity (Wildman–Crippen MR) is 141 cm³/mol. The van der Waals surface area contributed by atoms with Crippen LogP contribution in [-0.2, 0) is 19.6 Å². The zero-order valence-electron chi connectivity index (χ0n) is 21.9. The van der Waals surface area contributed by atoms with E-state index in [1.165, 1.54) is 0 Å². The second-order valence-corrected chi connectivity index (χ2v) is 12.9. The summed E-state index contributed by atoms with van der Waals surface area (Å²) >= 11 is 0. The largest absolute Gasteiger partial charge is 0.379 e. The number of fused-ring (bicyclic) bond motifs is 2. The fourth-order valence-corrected chi connectivity index (χ4v) is 8.13. The van der Waals surface area contributed by atoms with Crippen LogP contribution in [0, 0.1) is 16.7 Å². The van der Waals surface area contributed by atoms with Gasteiger partial charge in [-0.15, -0.1) is 0 Å². The van der Waals surface area contributed by atoms with Gasteiger partial charge in [-0.3, -0.25) is 19.2 Å². The van der Waals surface area contributed by atoms with E-state index in [-0.39, 0.29) is 28.8 Å². The Bertz CT molecular complexity index is 1100. The van der Waals surface area contributed by atoms with Gasteiger partial charge in [0.15, 0.2) is 0 Å². The van der Waals surface area contributed by atoms with E-state index < -0.39 is 15.4 Å². The molecule has 10 heteroatoms. The Morgan fingerprint density at radius 1 is 1.22 bits per heavy atom. The molecule has 2 atom stereocenters. The summed E-state index contributed by atoms with van der Waals surface area (Å²) in [6.45, 7) is 8.78. The highest BCUT2D eigenvalue weighted by atomic mass is 32.2. The Morgan fingerprint density at radius 3 is 2.56 bits per heavy atom. The quantitative estimate of drug-likeness (QED) is 0.456. The Balaban J connectivity index is 1.43. The Morgan fingerprint density at radius 2 is 1.94 bits per heavy atom. The molecule has 36 heavy (non-hydrogen) atoms. The fourth-order valence-electron chi connectivity index (χ4n) is 6.24. The van der Waals surface area contributed by atoms with Crippen molar-refractivity contribution in [2.45, 2.75) is 39.5 Å². The number of hydrogen-bond acceptors (Lipinski definition) is 7. The zero-order valence-corrected chi connectivity index (χ0v) is 22.7. The van der Waals surface area contributed by atoms with Gasteiger partial charge in [0, 0.05) is 51.5 Å². The van der Waals surface area contributed by atoms with Crippen molar-refractivity contribution in [1.82, 2.24) is 10.2 Å². The molecule has 0 radical (unpaired) electrons. The van der Waals surface area contributed by atoms with Gasteiger partial charge in [-0.05, 0) is 55.3 Å². The van der Waals surface area contributed by atoms with Gasteiger partial charge in [0.05, 0.1) is 29.9 Å². The molecule has 3 fully saturated rings. The number of sulfonamides is 1. The van der Waals surface area contributed by atoms with E-state index in [1.54, 1.807) is 18.2 Å². The first-order valence-corrected chi connectivity index (χ1v) is 14.5. The molecule has 1 aliphatic heterocycles. The van der Waals surface area contributed by atoms with Crippen LogP contribution in [0.2, 0.25) is 0 Å². The van der Waals surface area contributed by atoms with Crippen LogP contribution in [0.5, 0.6) is 0 Å². The van der Waals surface area contributed by atoms with Crippen LogP contribution < -0.4 is 14.9 Å². The van der Waals surface area contributed by atoms with Crippen LogP contribution in [0.25, 0.3) is 0 Å². The molecule has 1 saturated heterocycles. The average molecular weight is 521 g/mol. The number of amides is 1. The standard InChI is InChI=1S/C26H40N4O5S/c1-25(2)19-8-9-26(25,23(31)16-19)18-36(33,34)28-20-6-7-22(29(3)4)21(17-20)24(32)27-10-5-11-30-12-14-35-15-13-30/h6-7,17,19,28H,5,8-16,18H2,1-4H3,(H,27,32). The number of Topliss-reactive ketones (excluding diaryl/α,β-unsaturated/α-hetero) is 1. The van der Waals surface area contributed by atoms with E-state index in [2.05, 4.69) is 14.9 Å². The van der Waals surface area contributed by atoms with Crippen LogP contribution in [0.4, 0.5) is 11.4 Å². The maximum atomic E-state index is 13.2. The minimum atomic E-state index is -3.81. The molecule has 200 valence electrons. The number of ketones is 1. The molecule has 1 amide bonds. The van der Waals surface area contributed by atoms with Crippen molar-refractivity contribution in [3.05, 3.63) is 23.8 Å². The van der Waals surface area contributed by atoms with Crippen molar-refractivity contribution in [2.75, 3.05) is 68.9 Å². The zero-order chi connectivity index (χ0) is 26.1. The summed E-state index contributed by atoms with van der Waals surface area (Å²) in [7, 11) is -0.116. The van der Waals surface area contributed by atoms with Gasteiger partial charge in [-0.1, -0.05) is 13.8 Å². The summed E-state index contributed by atoms with van der Waals surface area (Å²) in [4.78, 5) is 30.0. The number of benzene rings is 1. The van der Waals surface area contributed by atoms with Gasteiger partial charge < -0.3 is 15.0 Å². The van der Waals surface area contributed by atoms with Gasteiger partial charge in [0.2, 0.25) is 10.0 Å². The lowest BCUT2D eigenvalue weighted by Crippen LogP contribution is -2.43. The maximum Gasteiger partial charge on any atom is 0.253 e. The maximum absolute atomic E-state index is 13.2. The van der Waals surface area contributed by atoms with E-state index in [0.717, 1.165) is 45.7 Å². The average Bonchev–Trinajstić information content (AvgIpc) is 3.16. The molecule has 2 bridgehead atoms. The van der Waals surface area contributed by atoms with Gasteiger partial charge in [-0.2, -0.15) is 0 Å². The SMILES string of the molecule is CN(C)c1ccc(NS(=O)(=O)CC23CCC(CC2=O)C3(C)C)cc1C(=O)NCCCN1CCOCC1. The topological polar surface area (TPSA) is 108 Å². The number of morpholine rings is 1. The van der Waals surface area contributed by atoms with E-state index in [9.17, 15) is 18.0 Å². The predicted octanol–water partition coefficient (Wildman–Crippen LogP) is 2.34. The van der Waals surface area contributed by atoms with Crippen LogP contribution in [0.1, 0.15) is 49.9 Å². The van der Waals surface area contributed by atoms with Gasteiger partial charge in [-0.25, -0.2) is 8.42 Å². The number of hydrogen-bond donors (Lipinski definition) is 2. The summed E-state index contributed by atoms with van der Waals surface area (Å²) in [5.41, 5.74) is 0.261. The Labute approximate surface area is 215 Å². The van der Waals surface area contributed by atoms with Gasteiger partial charge >= 0.3 is 0 Å². The van der Waals surface area contributed by atoms with Crippen molar-refractivity contribution in [2.24, 2.45) is 16.7 Å². The van der Waals surface area contributed by atoms with Crippen LogP contribution >= 0.6 is 0 Å². The summed E-state index contributed by atoms with van der Waals surface area (Å²) in [5.74, 6) is -0.153. The lowest BCUT2D eigenvalue weighted by molar-refractivity contribution is -0.128. The van der Waals surface area contributed by atoms with Crippen molar-refractivity contribution in [1.29, 1.82) is 0 Å². The van der Waals surface area contributed by atoms with Gasteiger partial charge in [0.1, 0.15) is 5.78 Å². The first-order chi connectivity index (χ1) is 16.9. The smallest absolute Gasteiger partial charge is 0.253 e. The molecule has 2 unspecified atom stereocenters. The number of ether oxygens (including phenoxy) is 1. The molecule has 2 aliphatic carbocycles. The van der Waals surface area contributed by atoms with E-state index in [1.807, 2.05) is 32.8 Å². The lowest BCUT2D eigenvalue weighted by Gasteiger charge is -2.36. The monoisotopic (exact) mass is 520 g/mol. The fraction of sp³-hybridized carbons (Fsp3) is 0.692. The molecule has 2 N–H and O–H groups in total. The number of carbonyl (C=O) groups is 2. The van der Waals surface area contributed by atoms with Crippen molar-refractivity contribution in [3.63, 3.8) is 0 Å². The number of nitrogens with one attached hydrogen (secondary N) is 2. The first kappa shape index (κ1) is 26.9. The van der Waals surface area contributed by atoms with E-state index >= 15 is 0 Å². The van der Waals surface area contributed by atoms with E-state index in [0.29, 0.717) is 36.3 Å². The second kappa shape index (κ2) is 10.3. The molecule has 0 spiro atoms. The highest BCUT2D eigenvalue weighted by Gasteiger charge is 2.65. The summed E-state index contributed by atoms with van der Waals surface area (Å²) < 4.78 is 34.5. The van der Waals surface area contributed by atoms with Crippen LogP contribution in [0.15, 0.2) is 18.2 Å². The molecule has 2 saturated carbocycles. The molecule has 0 aromatic heterocycles. The molecule has 4 rings (SSSR count). The number of rotatable bonds is 10. The Hall–Kier alpha value is -2.17. The van der Waals surface area contributed by atoms with Crippen molar-refractivity contribution >= 4 is 33.1 Å². The third kappa shape index (κ3) is 5.26. The van der Waals surface area contributed by atoms with E-state index in [4.69, 9.17) is 4.74 Å². The molecular formula is C26H40N4O5S. The van der Waals surface area contributed by atoms with Crippen LogP contribution in [0.3, 0.4) is 0 Å². The second-order valence-electron chi connectivity index (χ2n) is 11.2. The normalized spacial score (nSPS) is 25.7. The molecular weight excluding hydrogens is 480 g/mol. The number of nitrogens with zero attached hydrogens (tertiary/aromatic N) is 2.